The second-order valence-corrected chi connectivity index (χ2v) is 6.00. The van der Waals surface area contributed by atoms with Gasteiger partial charge < -0.3 is 15.2 Å². The molecule has 146 valence electrons. The van der Waals surface area contributed by atoms with Gasteiger partial charge in [0.2, 0.25) is 0 Å². The van der Waals surface area contributed by atoms with E-state index >= 15 is 0 Å². The minimum absolute atomic E-state index is 0.0109. The summed E-state index contributed by atoms with van der Waals surface area (Å²) in [5, 5.41) is 16.3. The Bertz CT molecular complexity index is 1050. The smallest absolute Gasteiger partial charge is 0.273 e. The van der Waals surface area contributed by atoms with Crippen molar-refractivity contribution in [3.8, 4) is 11.5 Å². The van der Waals surface area contributed by atoms with Crippen molar-refractivity contribution in [3.63, 3.8) is 0 Å². The zero-order valence-electron chi connectivity index (χ0n) is 15.6. The van der Waals surface area contributed by atoms with Crippen LogP contribution in [0.4, 0.5) is 5.69 Å². The highest BCUT2D eigenvalue weighted by atomic mass is 16.5. The van der Waals surface area contributed by atoms with E-state index in [0.29, 0.717) is 22.6 Å². The zero-order valence-corrected chi connectivity index (χ0v) is 15.6. The van der Waals surface area contributed by atoms with Crippen LogP contribution in [-0.4, -0.2) is 30.2 Å². The number of nitrogens with zero attached hydrogens (tertiary/aromatic N) is 1. The second-order valence-electron chi connectivity index (χ2n) is 6.00. The van der Waals surface area contributed by atoms with Gasteiger partial charge in [0.05, 0.1) is 24.6 Å². The molecule has 0 aliphatic rings. The number of hydrogen-bond donors (Lipinski definition) is 3. The van der Waals surface area contributed by atoms with Crippen LogP contribution in [0.3, 0.4) is 0 Å². The molecule has 0 aliphatic heterocycles. The number of hydrazone groups is 1. The van der Waals surface area contributed by atoms with Crippen molar-refractivity contribution in [2.24, 2.45) is 5.10 Å². The van der Waals surface area contributed by atoms with E-state index in [0.717, 1.165) is 0 Å². The summed E-state index contributed by atoms with van der Waals surface area (Å²) in [7, 11) is 1.44. The first kappa shape index (κ1) is 19.6. The molecule has 7 nitrogen and oxygen atoms in total. The fraction of sp³-hybridized carbons (Fsp3) is 0.0455. The number of para-hydroxylation sites is 1. The van der Waals surface area contributed by atoms with Gasteiger partial charge in [-0.15, -0.1) is 0 Å². The third-order valence-electron chi connectivity index (χ3n) is 4.04. The quantitative estimate of drug-likeness (QED) is 0.444. The summed E-state index contributed by atoms with van der Waals surface area (Å²) in [4.78, 5) is 24.9. The Morgan fingerprint density at radius 2 is 1.69 bits per heavy atom. The molecule has 29 heavy (non-hydrogen) atoms. The van der Waals surface area contributed by atoms with Crippen LogP contribution in [0, 0.1) is 0 Å². The number of methoxy groups -OCH3 is 1. The summed E-state index contributed by atoms with van der Waals surface area (Å²) in [6, 6.07) is 20.1. The number of anilines is 1. The van der Waals surface area contributed by atoms with Crippen molar-refractivity contribution in [2.75, 3.05) is 12.4 Å². The van der Waals surface area contributed by atoms with E-state index in [1.165, 1.54) is 19.4 Å². The summed E-state index contributed by atoms with van der Waals surface area (Å²) in [6.45, 7) is 0. The molecular formula is C22H19N3O4. The van der Waals surface area contributed by atoms with E-state index < -0.39 is 5.91 Å². The Kier molecular flexibility index (Phi) is 6.22. The lowest BCUT2D eigenvalue weighted by Gasteiger charge is -2.10. The fourth-order valence-electron chi connectivity index (χ4n) is 2.57. The van der Waals surface area contributed by atoms with Crippen LogP contribution >= 0.6 is 0 Å². The Morgan fingerprint density at radius 3 is 2.45 bits per heavy atom. The SMILES string of the molecule is COc1cc(/C=N/NC(=O)c2ccccc2NC(=O)c2ccccc2)ccc1O. The number of rotatable bonds is 6. The summed E-state index contributed by atoms with van der Waals surface area (Å²) < 4.78 is 5.03. The molecule has 2 amide bonds. The molecular weight excluding hydrogens is 370 g/mol. The number of phenols is 1. The summed E-state index contributed by atoms with van der Waals surface area (Å²) in [5.41, 5.74) is 4.20. The van der Waals surface area contributed by atoms with Crippen LogP contribution in [0.5, 0.6) is 11.5 Å². The molecule has 0 saturated heterocycles. The number of carbonyl (C=O) groups is 2. The minimum atomic E-state index is -0.476. The summed E-state index contributed by atoms with van der Waals surface area (Å²) >= 11 is 0. The normalized spacial score (nSPS) is 10.5. The maximum Gasteiger partial charge on any atom is 0.273 e. The minimum Gasteiger partial charge on any atom is -0.504 e. The number of aromatic hydroxyl groups is 1. The lowest BCUT2D eigenvalue weighted by molar-refractivity contribution is 0.0956. The van der Waals surface area contributed by atoms with Gasteiger partial charge in [0.1, 0.15) is 0 Å². The van der Waals surface area contributed by atoms with Gasteiger partial charge in [-0.25, -0.2) is 5.43 Å². The van der Waals surface area contributed by atoms with Crippen LogP contribution in [0.1, 0.15) is 26.3 Å². The molecule has 0 radical (unpaired) electrons. The fourth-order valence-corrected chi connectivity index (χ4v) is 2.57. The third kappa shape index (κ3) is 4.98. The third-order valence-corrected chi connectivity index (χ3v) is 4.04. The van der Waals surface area contributed by atoms with Gasteiger partial charge in [-0.1, -0.05) is 30.3 Å². The van der Waals surface area contributed by atoms with Crippen LogP contribution in [0.15, 0.2) is 77.9 Å². The first-order chi connectivity index (χ1) is 14.1. The Morgan fingerprint density at radius 1 is 0.966 bits per heavy atom. The predicted octanol–water partition coefficient (Wildman–Crippen LogP) is 3.42. The maximum atomic E-state index is 12.5. The molecule has 0 fully saturated rings. The molecule has 0 spiro atoms. The average molecular weight is 389 g/mol. The molecule has 3 aromatic rings. The highest BCUT2D eigenvalue weighted by molar-refractivity contribution is 6.09. The number of ether oxygens (including phenoxy) is 1. The van der Waals surface area contributed by atoms with Crippen LogP contribution in [0.2, 0.25) is 0 Å². The number of benzene rings is 3. The molecule has 0 saturated carbocycles. The molecule has 7 heteroatoms. The van der Waals surface area contributed by atoms with Crippen molar-refractivity contribution in [2.45, 2.75) is 0 Å². The van der Waals surface area contributed by atoms with Gasteiger partial charge >= 0.3 is 0 Å². The Balaban J connectivity index is 1.71. The lowest BCUT2D eigenvalue weighted by Crippen LogP contribution is -2.21. The van der Waals surface area contributed by atoms with Crippen LogP contribution in [-0.2, 0) is 0 Å². The van der Waals surface area contributed by atoms with E-state index in [1.807, 2.05) is 6.07 Å². The van der Waals surface area contributed by atoms with E-state index in [2.05, 4.69) is 15.8 Å². The second kappa shape index (κ2) is 9.18. The molecule has 0 heterocycles. The molecule has 0 aromatic heterocycles. The predicted molar refractivity (Wildman–Crippen MR) is 111 cm³/mol. The average Bonchev–Trinajstić information content (AvgIpc) is 2.75. The van der Waals surface area contributed by atoms with Crippen LogP contribution in [0.25, 0.3) is 0 Å². The Hall–Kier alpha value is -4.13. The van der Waals surface area contributed by atoms with Gasteiger partial charge in [0.15, 0.2) is 11.5 Å². The number of amides is 2. The van der Waals surface area contributed by atoms with Gasteiger partial charge in [-0.2, -0.15) is 5.10 Å². The number of nitrogens with one attached hydrogen (secondary N) is 2. The lowest BCUT2D eigenvalue weighted by atomic mass is 10.1. The van der Waals surface area contributed by atoms with Gasteiger partial charge in [0, 0.05) is 5.56 Å². The molecule has 3 aromatic carbocycles. The first-order valence-electron chi connectivity index (χ1n) is 8.74. The summed E-state index contributed by atoms with van der Waals surface area (Å²) in [6.07, 6.45) is 1.42. The highest BCUT2D eigenvalue weighted by Crippen LogP contribution is 2.25. The molecule has 0 atom stereocenters. The molecule has 0 unspecified atom stereocenters. The van der Waals surface area contributed by atoms with E-state index in [-0.39, 0.29) is 17.2 Å². The van der Waals surface area contributed by atoms with Crippen LogP contribution < -0.4 is 15.5 Å². The van der Waals surface area contributed by atoms with E-state index in [4.69, 9.17) is 4.74 Å². The molecule has 0 aliphatic carbocycles. The zero-order chi connectivity index (χ0) is 20.6. The molecule has 3 rings (SSSR count). The topological polar surface area (TPSA) is 100 Å². The standard InChI is InChI=1S/C22H19N3O4/c1-29-20-13-15(11-12-19(20)26)14-23-25-22(28)17-9-5-6-10-18(17)24-21(27)16-7-3-2-4-8-16/h2-14,26H,1H3,(H,24,27)(H,25,28)/b23-14+. The Labute approximate surface area is 167 Å². The summed E-state index contributed by atoms with van der Waals surface area (Å²) in [5.74, 6) is -0.479. The number of hydrogen-bond acceptors (Lipinski definition) is 5. The largest absolute Gasteiger partial charge is 0.504 e. The molecule has 0 bridgehead atoms. The van der Waals surface area contributed by atoms with Crippen molar-refractivity contribution < 1.29 is 19.4 Å². The van der Waals surface area contributed by atoms with E-state index in [1.54, 1.807) is 60.7 Å². The van der Waals surface area contributed by atoms with Crippen molar-refractivity contribution in [1.29, 1.82) is 0 Å². The van der Waals surface area contributed by atoms with E-state index in [9.17, 15) is 14.7 Å². The van der Waals surface area contributed by atoms with Gasteiger partial charge in [-0.3, -0.25) is 9.59 Å². The van der Waals surface area contributed by atoms with Crippen molar-refractivity contribution in [1.82, 2.24) is 5.43 Å². The first-order valence-corrected chi connectivity index (χ1v) is 8.74. The van der Waals surface area contributed by atoms with Gasteiger partial charge in [0.25, 0.3) is 11.8 Å². The van der Waals surface area contributed by atoms with Crippen molar-refractivity contribution in [3.05, 3.63) is 89.5 Å². The number of phenolic OH excluding ortho intramolecular Hbond substituents is 1. The molecule has 3 N–H and O–H groups in total. The van der Waals surface area contributed by atoms with Gasteiger partial charge in [-0.05, 0) is 48.0 Å². The monoisotopic (exact) mass is 389 g/mol. The van der Waals surface area contributed by atoms with Crippen molar-refractivity contribution >= 4 is 23.7 Å². The highest BCUT2D eigenvalue weighted by Gasteiger charge is 2.13. The maximum absolute atomic E-state index is 12.5. The number of carbonyl (C=O) groups excluding carboxylic acids is 2.